The molecule has 1 aliphatic rings. The van der Waals surface area contributed by atoms with Crippen LogP contribution in [0.4, 0.5) is 0 Å². The largest absolute Gasteiger partial charge is 0.341 e. The summed E-state index contributed by atoms with van der Waals surface area (Å²) in [5, 5.41) is 7.43. The van der Waals surface area contributed by atoms with E-state index in [1.807, 2.05) is 0 Å². The number of fused-ring (bicyclic) bond motifs is 1. The van der Waals surface area contributed by atoms with Gasteiger partial charge in [0.15, 0.2) is 0 Å². The number of aromatic amines is 1. The van der Waals surface area contributed by atoms with Crippen LogP contribution in [0.5, 0.6) is 0 Å². The Hall–Kier alpha value is -0.970. The minimum absolute atomic E-state index is 0.125. The number of thiol groups is 1. The van der Waals surface area contributed by atoms with Crippen LogP contribution in [0.25, 0.3) is 0 Å². The smallest absolute Gasteiger partial charge is 0.228 e. The quantitative estimate of drug-likeness (QED) is 0.565. The molecule has 1 N–H and O–H groups in total. The predicted molar refractivity (Wildman–Crippen MR) is 46.0 cm³/mol. The molecular formula is C7H9N3OS. The van der Waals surface area contributed by atoms with Crippen molar-refractivity contribution in [2.24, 2.45) is 0 Å². The third-order valence-electron chi connectivity index (χ3n) is 2.08. The van der Waals surface area contributed by atoms with Crippen LogP contribution in [0.15, 0.2) is 5.03 Å². The van der Waals surface area contributed by atoms with Crippen LogP contribution in [0.2, 0.25) is 0 Å². The summed E-state index contributed by atoms with van der Waals surface area (Å²) in [5.41, 5.74) is 1.95. The van der Waals surface area contributed by atoms with Gasteiger partial charge < -0.3 is 4.90 Å². The third kappa shape index (κ3) is 1.01. The lowest BCUT2D eigenvalue weighted by molar-refractivity contribution is -0.130. The second-order valence-corrected chi connectivity index (χ2v) is 3.35. The maximum atomic E-state index is 11.2. The average molecular weight is 183 g/mol. The first-order valence-electron chi connectivity index (χ1n) is 3.67. The van der Waals surface area contributed by atoms with Crippen LogP contribution in [0, 0.1) is 0 Å². The highest BCUT2D eigenvalue weighted by Gasteiger charge is 2.23. The molecule has 0 saturated heterocycles. The number of likely N-dealkylation sites (N-methyl/N-ethyl adjacent to an activating group) is 1. The van der Waals surface area contributed by atoms with Crippen molar-refractivity contribution in [2.45, 2.75) is 18.0 Å². The lowest BCUT2D eigenvalue weighted by Gasteiger charge is -2.21. The fraction of sp³-hybridized carbons (Fsp3) is 0.429. The predicted octanol–water partition coefficient (Wildman–Crippen LogP) is 0.213. The molecule has 64 valence electrons. The van der Waals surface area contributed by atoms with Crippen LogP contribution in [-0.2, 0) is 17.8 Å². The van der Waals surface area contributed by atoms with Crippen LogP contribution >= 0.6 is 12.6 Å². The van der Waals surface area contributed by atoms with Gasteiger partial charge in [0.05, 0.1) is 12.1 Å². The van der Waals surface area contributed by atoms with Gasteiger partial charge >= 0.3 is 0 Å². The molecule has 1 aromatic heterocycles. The standard InChI is InChI=1S/C7H9N3OS/c1-10-3-4-5(2-6(10)11)8-9-7(4)12/h2-3H2,1H3,(H2,8,9,12). The van der Waals surface area contributed by atoms with Gasteiger partial charge in [0.25, 0.3) is 0 Å². The summed E-state index contributed by atoms with van der Waals surface area (Å²) >= 11 is 4.18. The van der Waals surface area contributed by atoms with Gasteiger partial charge in [-0.3, -0.25) is 9.89 Å². The summed E-state index contributed by atoms with van der Waals surface area (Å²) in [6, 6.07) is 0. The number of carbonyl (C=O) groups excluding carboxylic acids is 1. The van der Waals surface area contributed by atoms with E-state index in [0.29, 0.717) is 18.0 Å². The van der Waals surface area contributed by atoms with Gasteiger partial charge in [-0.2, -0.15) is 5.10 Å². The summed E-state index contributed by atoms with van der Waals surface area (Å²) < 4.78 is 0. The fourth-order valence-electron chi connectivity index (χ4n) is 1.31. The number of rotatable bonds is 0. The van der Waals surface area contributed by atoms with E-state index >= 15 is 0 Å². The Labute approximate surface area is 75.4 Å². The van der Waals surface area contributed by atoms with Gasteiger partial charge in [-0.05, 0) is 0 Å². The molecule has 0 fully saturated rings. The van der Waals surface area contributed by atoms with Gasteiger partial charge in [-0.25, -0.2) is 0 Å². The average Bonchev–Trinajstić information content (AvgIpc) is 2.35. The lowest BCUT2D eigenvalue weighted by Crippen LogP contribution is -2.32. The number of hydrogen-bond donors (Lipinski definition) is 2. The Bertz CT molecular complexity index is 333. The zero-order chi connectivity index (χ0) is 8.72. The first kappa shape index (κ1) is 7.67. The van der Waals surface area contributed by atoms with Gasteiger partial charge in [-0.1, -0.05) is 0 Å². The Morgan fingerprint density at radius 3 is 3.17 bits per heavy atom. The van der Waals surface area contributed by atoms with Gasteiger partial charge in [0.2, 0.25) is 5.91 Å². The zero-order valence-corrected chi connectivity index (χ0v) is 7.56. The van der Waals surface area contributed by atoms with E-state index in [-0.39, 0.29) is 5.91 Å². The lowest BCUT2D eigenvalue weighted by atomic mass is 10.1. The van der Waals surface area contributed by atoms with Crippen molar-refractivity contribution in [1.29, 1.82) is 0 Å². The van der Waals surface area contributed by atoms with E-state index in [9.17, 15) is 4.79 Å². The number of nitrogens with one attached hydrogen (secondary N) is 1. The van der Waals surface area contributed by atoms with Gasteiger partial charge in [-0.15, -0.1) is 12.6 Å². The van der Waals surface area contributed by atoms with Crippen LogP contribution < -0.4 is 0 Å². The number of carbonyl (C=O) groups is 1. The Morgan fingerprint density at radius 2 is 2.42 bits per heavy atom. The normalized spacial score (nSPS) is 16.5. The van der Waals surface area contributed by atoms with Crippen molar-refractivity contribution in [3.8, 4) is 0 Å². The highest BCUT2D eigenvalue weighted by atomic mass is 32.1. The van der Waals surface area contributed by atoms with Crippen molar-refractivity contribution < 1.29 is 4.79 Å². The van der Waals surface area contributed by atoms with E-state index in [2.05, 4.69) is 22.8 Å². The molecule has 4 nitrogen and oxygen atoms in total. The Morgan fingerprint density at radius 1 is 1.67 bits per heavy atom. The van der Waals surface area contributed by atoms with E-state index in [0.717, 1.165) is 11.3 Å². The van der Waals surface area contributed by atoms with Crippen molar-refractivity contribution >= 4 is 18.5 Å². The number of hydrogen-bond acceptors (Lipinski definition) is 3. The molecular weight excluding hydrogens is 174 g/mol. The highest BCUT2D eigenvalue weighted by molar-refractivity contribution is 7.80. The van der Waals surface area contributed by atoms with Crippen LogP contribution in [-0.4, -0.2) is 28.1 Å². The molecule has 0 saturated carbocycles. The number of H-pyrrole nitrogens is 1. The fourth-order valence-corrected chi connectivity index (χ4v) is 1.57. The van der Waals surface area contributed by atoms with Crippen molar-refractivity contribution in [3.63, 3.8) is 0 Å². The van der Waals surface area contributed by atoms with E-state index in [1.165, 1.54) is 0 Å². The molecule has 1 amide bonds. The van der Waals surface area contributed by atoms with E-state index < -0.39 is 0 Å². The monoisotopic (exact) mass is 183 g/mol. The third-order valence-corrected chi connectivity index (χ3v) is 2.45. The topological polar surface area (TPSA) is 49.0 Å². The van der Waals surface area contributed by atoms with Gasteiger partial charge in [0.1, 0.15) is 5.03 Å². The maximum Gasteiger partial charge on any atom is 0.228 e. The SMILES string of the molecule is CN1Cc2c(S)n[nH]c2CC1=O. The molecule has 12 heavy (non-hydrogen) atoms. The minimum Gasteiger partial charge on any atom is -0.341 e. The highest BCUT2D eigenvalue weighted by Crippen LogP contribution is 2.21. The molecule has 5 heteroatoms. The number of amides is 1. The molecule has 0 aliphatic carbocycles. The van der Waals surface area contributed by atoms with Crippen molar-refractivity contribution in [2.75, 3.05) is 7.05 Å². The summed E-state index contributed by atoms with van der Waals surface area (Å²) in [5.74, 6) is 0.125. The van der Waals surface area contributed by atoms with E-state index in [1.54, 1.807) is 11.9 Å². The molecule has 0 bridgehead atoms. The molecule has 1 aliphatic heterocycles. The molecule has 2 heterocycles. The van der Waals surface area contributed by atoms with Gasteiger partial charge in [0, 0.05) is 19.2 Å². The first-order valence-corrected chi connectivity index (χ1v) is 4.12. The number of aromatic nitrogens is 2. The summed E-state index contributed by atoms with van der Waals surface area (Å²) in [6.07, 6.45) is 0.416. The second kappa shape index (κ2) is 2.52. The molecule has 0 radical (unpaired) electrons. The minimum atomic E-state index is 0.125. The van der Waals surface area contributed by atoms with Crippen molar-refractivity contribution in [3.05, 3.63) is 11.3 Å². The summed E-state index contributed by atoms with van der Waals surface area (Å²) in [7, 11) is 1.78. The number of nitrogens with zero attached hydrogens (tertiary/aromatic N) is 2. The molecule has 0 atom stereocenters. The second-order valence-electron chi connectivity index (χ2n) is 2.93. The molecule has 2 rings (SSSR count). The molecule has 0 spiro atoms. The summed E-state index contributed by atoms with van der Waals surface area (Å²) in [6.45, 7) is 0.615. The maximum absolute atomic E-state index is 11.2. The van der Waals surface area contributed by atoms with Crippen molar-refractivity contribution in [1.82, 2.24) is 15.1 Å². The molecule has 0 unspecified atom stereocenters. The molecule has 1 aromatic rings. The van der Waals surface area contributed by atoms with Crippen LogP contribution in [0.1, 0.15) is 11.3 Å². The molecule has 0 aromatic carbocycles. The van der Waals surface area contributed by atoms with E-state index in [4.69, 9.17) is 0 Å². The first-order chi connectivity index (χ1) is 5.68. The summed E-state index contributed by atoms with van der Waals surface area (Å²) in [4.78, 5) is 12.9. The Kier molecular flexibility index (Phi) is 1.61. The van der Waals surface area contributed by atoms with Crippen LogP contribution in [0.3, 0.4) is 0 Å². The zero-order valence-electron chi connectivity index (χ0n) is 6.66. The Balaban J connectivity index is 2.43.